The number of β-amino-alcohol motifs (C(OH)–C–C–N with tert-alkyl or cyclic N) is 1. The molecule has 0 aliphatic carbocycles. The number of aliphatic hydroxyl groups excluding tert-OH is 1. The Balaban J connectivity index is 1.76. The van der Waals surface area contributed by atoms with Gasteiger partial charge in [-0.1, -0.05) is 6.07 Å². The van der Waals surface area contributed by atoms with Gasteiger partial charge in [-0.2, -0.15) is 5.26 Å². The molecule has 1 aromatic rings. The lowest BCUT2D eigenvalue weighted by Gasteiger charge is -2.33. The van der Waals surface area contributed by atoms with E-state index in [1.165, 1.54) is 0 Å². The second kappa shape index (κ2) is 7.99. The van der Waals surface area contributed by atoms with Gasteiger partial charge in [-0.25, -0.2) is 0 Å². The largest absolute Gasteiger partial charge is 0.491 e. The van der Waals surface area contributed by atoms with Crippen LogP contribution in [0.5, 0.6) is 5.75 Å². The van der Waals surface area contributed by atoms with Gasteiger partial charge < -0.3 is 14.6 Å². The third-order valence-electron chi connectivity index (χ3n) is 3.67. The Kier molecular flexibility index (Phi) is 6.00. The lowest BCUT2D eigenvalue weighted by Crippen LogP contribution is -2.44. The van der Waals surface area contributed by atoms with Crippen LogP contribution in [0.4, 0.5) is 0 Å². The van der Waals surface area contributed by atoms with Crippen molar-refractivity contribution in [1.82, 2.24) is 4.90 Å². The van der Waals surface area contributed by atoms with Crippen molar-refractivity contribution < 1.29 is 14.6 Å². The summed E-state index contributed by atoms with van der Waals surface area (Å²) >= 11 is 0. The molecule has 114 valence electrons. The second-order valence-electron chi connectivity index (χ2n) is 5.36. The zero-order valence-electron chi connectivity index (χ0n) is 12.4. The van der Waals surface area contributed by atoms with E-state index in [0.717, 1.165) is 25.9 Å². The van der Waals surface area contributed by atoms with Crippen LogP contribution in [0.1, 0.15) is 18.4 Å². The van der Waals surface area contributed by atoms with Gasteiger partial charge in [0.25, 0.3) is 0 Å². The van der Waals surface area contributed by atoms with E-state index in [0.29, 0.717) is 17.9 Å². The Morgan fingerprint density at radius 3 is 3.14 bits per heavy atom. The molecule has 0 amide bonds. The summed E-state index contributed by atoms with van der Waals surface area (Å²) in [4.78, 5) is 2.21. The predicted molar refractivity (Wildman–Crippen MR) is 79.1 cm³/mol. The van der Waals surface area contributed by atoms with Crippen LogP contribution in [-0.2, 0) is 4.74 Å². The number of nitrogens with zero attached hydrogens (tertiary/aromatic N) is 2. The summed E-state index contributed by atoms with van der Waals surface area (Å²) in [6, 6.07) is 9.03. The fraction of sp³-hybridized carbons (Fsp3) is 0.562. The molecule has 0 saturated carbocycles. The number of rotatable bonds is 6. The van der Waals surface area contributed by atoms with Gasteiger partial charge in [0.2, 0.25) is 0 Å². The third-order valence-corrected chi connectivity index (χ3v) is 3.67. The molecule has 1 aliphatic rings. The maximum Gasteiger partial charge on any atom is 0.120 e. The summed E-state index contributed by atoms with van der Waals surface area (Å²) in [5.41, 5.74) is 0.556. The Morgan fingerprint density at radius 2 is 2.38 bits per heavy atom. The minimum absolute atomic E-state index is 0.225. The lowest BCUT2D eigenvalue weighted by molar-refractivity contribution is 0.00445. The van der Waals surface area contributed by atoms with E-state index >= 15 is 0 Å². The third kappa shape index (κ3) is 5.01. The van der Waals surface area contributed by atoms with E-state index in [-0.39, 0.29) is 12.7 Å². The van der Waals surface area contributed by atoms with Crippen LogP contribution in [0, 0.1) is 11.3 Å². The summed E-state index contributed by atoms with van der Waals surface area (Å²) < 4.78 is 10.9. The fourth-order valence-electron chi connectivity index (χ4n) is 2.57. The number of hydrogen-bond acceptors (Lipinski definition) is 5. The standard InChI is InChI=1S/C16H22N2O3/c1-20-16-6-3-7-18(11-16)10-14(19)12-21-15-5-2-4-13(8-15)9-17/h2,4-5,8,14,16,19H,3,6-7,10-12H2,1H3. The summed E-state index contributed by atoms with van der Waals surface area (Å²) in [5, 5.41) is 18.9. The van der Waals surface area contributed by atoms with Gasteiger partial charge in [0.15, 0.2) is 0 Å². The maximum absolute atomic E-state index is 10.1. The summed E-state index contributed by atoms with van der Waals surface area (Å²) in [5.74, 6) is 0.613. The number of methoxy groups -OCH3 is 1. The average Bonchev–Trinajstić information content (AvgIpc) is 2.53. The quantitative estimate of drug-likeness (QED) is 0.858. The predicted octanol–water partition coefficient (Wildman–Crippen LogP) is 1.41. The normalized spacial score (nSPS) is 20.7. The molecule has 2 rings (SSSR count). The van der Waals surface area contributed by atoms with E-state index < -0.39 is 6.10 Å². The first-order valence-corrected chi connectivity index (χ1v) is 7.27. The SMILES string of the molecule is COC1CCCN(CC(O)COc2cccc(C#N)c2)C1. The number of likely N-dealkylation sites (tertiary alicyclic amines) is 1. The molecule has 21 heavy (non-hydrogen) atoms. The number of benzene rings is 1. The molecule has 1 aromatic carbocycles. The van der Waals surface area contributed by atoms with Crippen LogP contribution in [0.2, 0.25) is 0 Å². The van der Waals surface area contributed by atoms with Crippen molar-refractivity contribution in [2.24, 2.45) is 0 Å². The molecule has 0 bridgehead atoms. The van der Waals surface area contributed by atoms with E-state index in [2.05, 4.69) is 11.0 Å². The zero-order valence-corrected chi connectivity index (χ0v) is 12.4. The van der Waals surface area contributed by atoms with Crippen LogP contribution < -0.4 is 4.74 Å². The smallest absolute Gasteiger partial charge is 0.120 e. The number of hydrogen-bond donors (Lipinski definition) is 1. The Bertz CT molecular complexity index is 487. The Morgan fingerprint density at radius 1 is 1.52 bits per heavy atom. The highest BCUT2D eigenvalue weighted by atomic mass is 16.5. The highest BCUT2D eigenvalue weighted by Crippen LogP contribution is 2.15. The van der Waals surface area contributed by atoms with Crippen molar-refractivity contribution in [3.8, 4) is 11.8 Å². The van der Waals surface area contributed by atoms with Crippen LogP contribution in [0.15, 0.2) is 24.3 Å². The molecule has 0 spiro atoms. The van der Waals surface area contributed by atoms with Crippen molar-refractivity contribution in [3.05, 3.63) is 29.8 Å². The molecule has 1 N–H and O–H groups in total. The van der Waals surface area contributed by atoms with Crippen LogP contribution in [0.3, 0.4) is 0 Å². The van der Waals surface area contributed by atoms with Crippen molar-refractivity contribution in [2.75, 3.05) is 33.4 Å². The summed E-state index contributed by atoms with van der Waals surface area (Å²) in [6.45, 7) is 2.65. The van der Waals surface area contributed by atoms with Gasteiger partial charge in [-0.15, -0.1) is 0 Å². The Labute approximate surface area is 125 Å². The molecule has 5 heteroatoms. The molecule has 1 aliphatic heterocycles. The van der Waals surface area contributed by atoms with Crippen LogP contribution in [0.25, 0.3) is 0 Å². The summed E-state index contributed by atoms with van der Waals surface area (Å²) in [6.07, 6.45) is 1.89. The zero-order chi connectivity index (χ0) is 15.1. The first-order chi connectivity index (χ1) is 10.2. The Hall–Kier alpha value is -1.61. The lowest BCUT2D eigenvalue weighted by atomic mass is 10.1. The molecule has 1 saturated heterocycles. The van der Waals surface area contributed by atoms with Crippen LogP contribution >= 0.6 is 0 Å². The monoisotopic (exact) mass is 290 g/mol. The molecule has 0 radical (unpaired) electrons. The second-order valence-corrected chi connectivity index (χ2v) is 5.36. The molecule has 0 aromatic heterocycles. The number of ether oxygens (including phenoxy) is 2. The molecule has 1 fully saturated rings. The molecular weight excluding hydrogens is 268 g/mol. The van der Waals surface area contributed by atoms with E-state index in [1.54, 1.807) is 31.4 Å². The molecule has 2 unspecified atom stereocenters. The maximum atomic E-state index is 10.1. The van der Waals surface area contributed by atoms with Gasteiger partial charge in [-0.3, -0.25) is 4.90 Å². The average molecular weight is 290 g/mol. The number of aliphatic hydroxyl groups is 1. The molecule has 5 nitrogen and oxygen atoms in total. The van der Waals surface area contributed by atoms with E-state index in [1.807, 2.05) is 0 Å². The first kappa shape index (κ1) is 15.8. The van der Waals surface area contributed by atoms with Crippen molar-refractivity contribution >= 4 is 0 Å². The number of nitriles is 1. The summed E-state index contributed by atoms with van der Waals surface area (Å²) in [7, 11) is 1.73. The van der Waals surface area contributed by atoms with Crippen LogP contribution in [-0.4, -0.2) is 55.6 Å². The van der Waals surface area contributed by atoms with Crippen molar-refractivity contribution in [1.29, 1.82) is 5.26 Å². The van der Waals surface area contributed by atoms with Gasteiger partial charge in [0.05, 0.1) is 17.7 Å². The van der Waals surface area contributed by atoms with Crippen molar-refractivity contribution in [2.45, 2.75) is 25.0 Å². The van der Waals surface area contributed by atoms with Gasteiger partial charge in [-0.05, 0) is 37.6 Å². The van der Waals surface area contributed by atoms with Gasteiger partial charge >= 0.3 is 0 Å². The fourth-order valence-corrected chi connectivity index (χ4v) is 2.57. The first-order valence-electron chi connectivity index (χ1n) is 7.27. The number of piperidine rings is 1. The highest BCUT2D eigenvalue weighted by Gasteiger charge is 2.21. The van der Waals surface area contributed by atoms with Gasteiger partial charge in [0.1, 0.15) is 18.5 Å². The minimum atomic E-state index is -0.550. The molecule has 2 atom stereocenters. The molecular formula is C16H22N2O3. The topological polar surface area (TPSA) is 65.7 Å². The highest BCUT2D eigenvalue weighted by molar-refractivity contribution is 5.36. The van der Waals surface area contributed by atoms with Gasteiger partial charge in [0, 0.05) is 20.2 Å². The van der Waals surface area contributed by atoms with E-state index in [9.17, 15) is 5.11 Å². The van der Waals surface area contributed by atoms with E-state index in [4.69, 9.17) is 14.7 Å². The minimum Gasteiger partial charge on any atom is -0.491 e. The molecule has 1 heterocycles. The van der Waals surface area contributed by atoms with Crippen molar-refractivity contribution in [3.63, 3.8) is 0 Å².